The molecule has 0 aliphatic carbocycles. The van der Waals surface area contributed by atoms with E-state index in [4.69, 9.17) is 23.8 Å². The van der Waals surface area contributed by atoms with Crippen molar-refractivity contribution in [2.24, 2.45) is 0 Å². The minimum Gasteiger partial charge on any atom is -0.332 e. The van der Waals surface area contributed by atoms with Gasteiger partial charge in [-0.25, -0.2) is 0 Å². The fourth-order valence-corrected chi connectivity index (χ4v) is 2.27. The number of thiocarbonyl (C=S) groups is 1. The van der Waals surface area contributed by atoms with Crippen LogP contribution in [0.2, 0.25) is 5.02 Å². The number of halogens is 1. The van der Waals surface area contributed by atoms with Crippen molar-refractivity contribution in [1.29, 1.82) is 0 Å². The van der Waals surface area contributed by atoms with Gasteiger partial charge >= 0.3 is 0 Å². The Balaban J connectivity index is 1.95. The number of hydrogen-bond donors (Lipinski definition) is 3. The number of carbonyl (C=O) groups is 2. The minimum atomic E-state index is -0.246. The van der Waals surface area contributed by atoms with Gasteiger partial charge in [-0.3, -0.25) is 9.59 Å². The highest BCUT2D eigenvalue weighted by molar-refractivity contribution is 7.80. The summed E-state index contributed by atoms with van der Waals surface area (Å²) in [5.41, 5.74) is 1.82. The molecule has 2 aromatic carbocycles. The van der Waals surface area contributed by atoms with E-state index in [9.17, 15) is 9.59 Å². The molecule has 7 heteroatoms. The van der Waals surface area contributed by atoms with E-state index >= 15 is 0 Å². The second kappa shape index (κ2) is 8.42. The third-order valence-electron chi connectivity index (χ3n) is 3.06. The molecule has 0 unspecified atom stereocenters. The molecule has 0 spiro atoms. The van der Waals surface area contributed by atoms with Crippen LogP contribution in [0.4, 0.5) is 11.4 Å². The number of nitrogens with one attached hydrogen (secondary N) is 3. The summed E-state index contributed by atoms with van der Waals surface area (Å²) in [6, 6.07) is 13.7. The van der Waals surface area contributed by atoms with Gasteiger partial charge in [-0.15, -0.1) is 0 Å². The second-order valence-electron chi connectivity index (χ2n) is 4.90. The van der Waals surface area contributed by atoms with Crippen LogP contribution in [-0.4, -0.2) is 16.9 Å². The molecule has 0 radical (unpaired) electrons. The Morgan fingerprint density at radius 1 is 1.04 bits per heavy atom. The summed E-state index contributed by atoms with van der Waals surface area (Å²) in [5.74, 6) is -0.401. The number of benzene rings is 2. The highest BCUT2D eigenvalue weighted by Gasteiger charge is 2.07. The molecule has 0 bridgehead atoms. The van der Waals surface area contributed by atoms with Crippen LogP contribution in [0.25, 0.3) is 0 Å². The predicted octanol–water partition coefficient (Wildman–Crippen LogP) is 3.82. The lowest BCUT2D eigenvalue weighted by Crippen LogP contribution is -2.33. The summed E-state index contributed by atoms with van der Waals surface area (Å²) >= 11 is 10.9. The maximum atomic E-state index is 12.1. The molecule has 2 amide bonds. The number of carbonyl (C=O) groups excluding carboxylic acids is 2. The predicted molar refractivity (Wildman–Crippen MR) is 101 cm³/mol. The summed E-state index contributed by atoms with van der Waals surface area (Å²) in [6.45, 7) is 1.75. The zero-order chi connectivity index (χ0) is 17.5. The molecule has 0 atom stereocenters. The lowest BCUT2D eigenvalue weighted by Gasteiger charge is -2.10. The van der Waals surface area contributed by atoms with Gasteiger partial charge in [0.05, 0.1) is 0 Å². The van der Waals surface area contributed by atoms with Crippen LogP contribution >= 0.6 is 23.8 Å². The maximum absolute atomic E-state index is 12.1. The first-order valence-electron chi connectivity index (χ1n) is 7.25. The first-order valence-corrected chi connectivity index (χ1v) is 8.04. The lowest BCUT2D eigenvalue weighted by atomic mass is 10.2. The standard InChI is InChI=1S/C17H16ClN3O2S/c1-2-15(22)21-17(24)20-14-8-6-13(7-9-14)19-16(23)11-4-3-5-12(18)10-11/h3-10H,2H2,1H3,(H,19,23)(H2,20,21,22,24). The molecule has 5 nitrogen and oxygen atoms in total. The van der Waals surface area contributed by atoms with E-state index in [1.165, 1.54) is 0 Å². The molecule has 0 fully saturated rings. The van der Waals surface area contributed by atoms with E-state index in [0.29, 0.717) is 28.4 Å². The van der Waals surface area contributed by atoms with E-state index in [0.717, 1.165) is 0 Å². The highest BCUT2D eigenvalue weighted by Crippen LogP contribution is 2.16. The van der Waals surface area contributed by atoms with Crippen LogP contribution in [0.1, 0.15) is 23.7 Å². The summed E-state index contributed by atoms with van der Waals surface area (Å²) in [7, 11) is 0. The zero-order valence-corrected chi connectivity index (χ0v) is 14.5. The zero-order valence-electron chi connectivity index (χ0n) is 12.9. The van der Waals surface area contributed by atoms with Gasteiger partial charge in [-0.1, -0.05) is 24.6 Å². The second-order valence-corrected chi connectivity index (χ2v) is 5.74. The van der Waals surface area contributed by atoms with Crippen LogP contribution in [0, 0.1) is 0 Å². The van der Waals surface area contributed by atoms with Crippen molar-refractivity contribution in [2.45, 2.75) is 13.3 Å². The van der Waals surface area contributed by atoms with Gasteiger partial charge in [0, 0.05) is 28.4 Å². The Bertz CT molecular complexity index is 763. The first-order chi connectivity index (χ1) is 11.5. The van der Waals surface area contributed by atoms with Gasteiger partial charge in [-0.05, 0) is 54.7 Å². The largest absolute Gasteiger partial charge is 0.332 e. The van der Waals surface area contributed by atoms with Crippen LogP contribution < -0.4 is 16.0 Å². The normalized spacial score (nSPS) is 9.92. The van der Waals surface area contributed by atoms with Gasteiger partial charge in [-0.2, -0.15) is 0 Å². The highest BCUT2D eigenvalue weighted by atomic mass is 35.5. The number of amides is 2. The number of rotatable bonds is 4. The van der Waals surface area contributed by atoms with Gasteiger partial charge in [0.1, 0.15) is 0 Å². The molecule has 0 saturated carbocycles. The van der Waals surface area contributed by atoms with Crippen LogP contribution in [0.5, 0.6) is 0 Å². The smallest absolute Gasteiger partial charge is 0.255 e. The lowest BCUT2D eigenvalue weighted by molar-refractivity contribution is -0.119. The Kier molecular flexibility index (Phi) is 6.28. The Morgan fingerprint density at radius 3 is 2.25 bits per heavy atom. The van der Waals surface area contributed by atoms with Crippen molar-refractivity contribution in [3.8, 4) is 0 Å². The van der Waals surface area contributed by atoms with E-state index in [1.54, 1.807) is 55.5 Å². The van der Waals surface area contributed by atoms with Crippen molar-refractivity contribution in [3.63, 3.8) is 0 Å². The molecule has 0 saturated heterocycles. The van der Waals surface area contributed by atoms with Gasteiger partial charge < -0.3 is 16.0 Å². The summed E-state index contributed by atoms with van der Waals surface area (Å²) < 4.78 is 0. The minimum absolute atomic E-state index is 0.155. The van der Waals surface area contributed by atoms with Crippen molar-refractivity contribution >= 4 is 52.1 Å². The van der Waals surface area contributed by atoms with E-state index in [-0.39, 0.29) is 16.9 Å². The Hall–Kier alpha value is -2.44. The Morgan fingerprint density at radius 2 is 1.67 bits per heavy atom. The molecule has 0 aromatic heterocycles. The molecule has 124 valence electrons. The molecular weight excluding hydrogens is 346 g/mol. The summed E-state index contributed by atoms with van der Waals surface area (Å²) in [4.78, 5) is 23.4. The molecule has 0 aliphatic rings. The van der Waals surface area contributed by atoms with Gasteiger partial charge in [0.25, 0.3) is 5.91 Å². The fraction of sp³-hybridized carbons (Fsp3) is 0.118. The number of anilines is 2. The molecular formula is C17H16ClN3O2S. The fourth-order valence-electron chi connectivity index (χ4n) is 1.85. The molecule has 2 aromatic rings. The third kappa shape index (κ3) is 5.33. The molecule has 0 aliphatic heterocycles. The average Bonchev–Trinajstić information content (AvgIpc) is 2.56. The summed E-state index contributed by atoms with van der Waals surface area (Å²) in [6.07, 6.45) is 0.357. The van der Waals surface area contributed by atoms with Crippen molar-refractivity contribution in [2.75, 3.05) is 10.6 Å². The molecule has 3 N–H and O–H groups in total. The molecule has 24 heavy (non-hydrogen) atoms. The molecule has 2 rings (SSSR count). The van der Waals surface area contributed by atoms with E-state index in [2.05, 4.69) is 16.0 Å². The average molecular weight is 362 g/mol. The van der Waals surface area contributed by atoms with Crippen LogP contribution in [0.15, 0.2) is 48.5 Å². The van der Waals surface area contributed by atoms with Gasteiger partial charge in [0.2, 0.25) is 5.91 Å². The SMILES string of the molecule is CCC(=O)NC(=S)Nc1ccc(NC(=O)c2cccc(Cl)c2)cc1. The maximum Gasteiger partial charge on any atom is 0.255 e. The summed E-state index contributed by atoms with van der Waals surface area (Å²) in [5, 5.41) is 8.96. The van der Waals surface area contributed by atoms with Crippen LogP contribution in [-0.2, 0) is 4.79 Å². The van der Waals surface area contributed by atoms with E-state index in [1.807, 2.05) is 0 Å². The number of hydrogen-bond acceptors (Lipinski definition) is 3. The van der Waals surface area contributed by atoms with Crippen molar-refractivity contribution < 1.29 is 9.59 Å². The Labute approximate surface area is 150 Å². The third-order valence-corrected chi connectivity index (χ3v) is 3.50. The first kappa shape index (κ1) is 17.9. The molecule has 0 heterocycles. The van der Waals surface area contributed by atoms with E-state index < -0.39 is 0 Å². The quantitative estimate of drug-likeness (QED) is 0.724. The topological polar surface area (TPSA) is 70.2 Å². The van der Waals surface area contributed by atoms with Crippen molar-refractivity contribution in [3.05, 3.63) is 59.1 Å². The van der Waals surface area contributed by atoms with Gasteiger partial charge in [0.15, 0.2) is 5.11 Å². The van der Waals surface area contributed by atoms with Crippen LogP contribution in [0.3, 0.4) is 0 Å². The monoisotopic (exact) mass is 361 g/mol. The van der Waals surface area contributed by atoms with Crippen molar-refractivity contribution in [1.82, 2.24) is 5.32 Å².